The van der Waals surface area contributed by atoms with Crippen LogP contribution >= 0.6 is 0 Å². The van der Waals surface area contributed by atoms with E-state index in [-0.39, 0.29) is 0 Å². The van der Waals surface area contributed by atoms with Crippen LogP contribution in [0, 0.1) is 5.92 Å². The number of hydrogen-bond donors (Lipinski definition) is 0. The van der Waals surface area contributed by atoms with Crippen molar-refractivity contribution in [3.8, 4) is 0 Å². The molecule has 1 atom stereocenters. The van der Waals surface area contributed by atoms with Crippen LogP contribution in [0.25, 0.3) is 0 Å². The van der Waals surface area contributed by atoms with Gasteiger partial charge in [-0.05, 0) is 30.4 Å². The Morgan fingerprint density at radius 3 is 3.20 bits per heavy atom. The highest BCUT2D eigenvalue weighted by Crippen LogP contribution is 2.23. The van der Waals surface area contributed by atoms with E-state index in [0.717, 1.165) is 5.92 Å². The summed E-state index contributed by atoms with van der Waals surface area (Å²) in [4.78, 5) is 4.31. The predicted octanol–water partition coefficient (Wildman–Crippen LogP) is 1.82. The third-order valence-electron chi connectivity index (χ3n) is 2.09. The third kappa shape index (κ3) is 0.821. The molecule has 0 fully saturated rings. The molecule has 0 unspecified atom stereocenters. The van der Waals surface area contributed by atoms with E-state index in [1.54, 1.807) is 0 Å². The fourth-order valence-corrected chi connectivity index (χ4v) is 1.62. The monoisotopic (exact) mass is 133 g/mol. The van der Waals surface area contributed by atoms with Crippen molar-refractivity contribution in [2.45, 2.75) is 19.8 Å². The van der Waals surface area contributed by atoms with E-state index in [4.69, 9.17) is 0 Å². The molecule has 1 nitrogen and oxygen atoms in total. The number of nitrogens with zero attached hydrogens (tertiary/aromatic N) is 1. The van der Waals surface area contributed by atoms with E-state index in [1.165, 1.54) is 24.1 Å². The average molecular weight is 133 g/mol. The summed E-state index contributed by atoms with van der Waals surface area (Å²) in [5, 5.41) is 0. The molecule has 1 aromatic rings. The zero-order valence-electron chi connectivity index (χ0n) is 6.17. The highest BCUT2D eigenvalue weighted by atomic mass is 14.7. The molecule has 10 heavy (non-hydrogen) atoms. The molecule has 0 saturated carbocycles. The maximum atomic E-state index is 4.31. The Hall–Kier alpha value is -0.850. The first-order valence-electron chi connectivity index (χ1n) is 3.79. The van der Waals surface area contributed by atoms with Gasteiger partial charge in [-0.2, -0.15) is 0 Å². The minimum Gasteiger partial charge on any atom is -0.261 e. The van der Waals surface area contributed by atoms with Crippen molar-refractivity contribution in [1.82, 2.24) is 4.98 Å². The average Bonchev–Trinajstić information content (AvgIpc) is 2.27. The number of rotatable bonds is 0. The van der Waals surface area contributed by atoms with Crippen LogP contribution in [0.2, 0.25) is 0 Å². The van der Waals surface area contributed by atoms with Gasteiger partial charge in [-0.15, -0.1) is 0 Å². The van der Waals surface area contributed by atoms with Gasteiger partial charge in [-0.3, -0.25) is 4.98 Å². The van der Waals surface area contributed by atoms with Gasteiger partial charge >= 0.3 is 0 Å². The summed E-state index contributed by atoms with van der Waals surface area (Å²) in [5.41, 5.74) is 2.77. The minimum atomic E-state index is 0.810. The van der Waals surface area contributed by atoms with E-state index in [0.29, 0.717) is 0 Å². The van der Waals surface area contributed by atoms with Gasteiger partial charge in [-0.25, -0.2) is 0 Å². The Morgan fingerprint density at radius 1 is 1.50 bits per heavy atom. The van der Waals surface area contributed by atoms with Gasteiger partial charge in [0.25, 0.3) is 0 Å². The Labute approximate surface area is 61.1 Å². The first-order valence-corrected chi connectivity index (χ1v) is 3.79. The first-order chi connectivity index (χ1) is 4.86. The molecule has 1 heterocycles. The Morgan fingerprint density at radius 2 is 2.40 bits per heavy atom. The maximum absolute atomic E-state index is 4.31. The van der Waals surface area contributed by atoms with Crippen LogP contribution < -0.4 is 0 Å². The standard InChI is InChI=1S/C9H11N/c1-7-5-8-3-2-4-10-9(8)6-7/h2-4,7H,5-6H2,1H3/t7-/m0/s1. The lowest BCUT2D eigenvalue weighted by molar-refractivity contribution is 0.623. The molecule has 1 aliphatic rings. The van der Waals surface area contributed by atoms with Crippen molar-refractivity contribution in [2.75, 3.05) is 0 Å². The summed E-state index contributed by atoms with van der Waals surface area (Å²) >= 11 is 0. The smallest absolute Gasteiger partial charge is 0.0438 e. The zero-order chi connectivity index (χ0) is 6.97. The van der Waals surface area contributed by atoms with Crippen LogP contribution in [0.3, 0.4) is 0 Å². The fraction of sp³-hybridized carbons (Fsp3) is 0.444. The number of aromatic nitrogens is 1. The second-order valence-electron chi connectivity index (χ2n) is 3.12. The number of hydrogen-bond acceptors (Lipinski definition) is 1. The van der Waals surface area contributed by atoms with Crippen LogP contribution in [0.15, 0.2) is 18.3 Å². The van der Waals surface area contributed by atoms with Crippen molar-refractivity contribution >= 4 is 0 Å². The highest BCUT2D eigenvalue weighted by Gasteiger charge is 2.17. The summed E-state index contributed by atoms with van der Waals surface area (Å²) < 4.78 is 0. The topological polar surface area (TPSA) is 12.9 Å². The third-order valence-corrected chi connectivity index (χ3v) is 2.09. The summed E-state index contributed by atoms with van der Waals surface area (Å²) in [6, 6.07) is 4.21. The molecule has 0 saturated heterocycles. The molecule has 1 aromatic heterocycles. The molecular weight excluding hydrogens is 122 g/mol. The van der Waals surface area contributed by atoms with Gasteiger partial charge in [0.15, 0.2) is 0 Å². The highest BCUT2D eigenvalue weighted by molar-refractivity contribution is 5.25. The SMILES string of the molecule is C[C@H]1Cc2cccnc2C1. The molecule has 0 radical (unpaired) electrons. The van der Waals surface area contributed by atoms with Gasteiger partial charge in [0.2, 0.25) is 0 Å². The lowest BCUT2D eigenvalue weighted by atomic mass is 10.1. The zero-order valence-corrected chi connectivity index (χ0v) is 6.17. The molecule has 52 valence electrons. The summed E-state index contributed by atoms with van der Waals surface area (Å²) in [6.45, 7) is 2.28. The summed E-state index contributed by atoms with van der Waals surface area (Å²) in [6.07, 6.45) is 4.29. The minimum absolute atomic E-state index is 0.810. The molecule has 0 aliphatic heterocycles. The van der Waals surface area contributed by atoms with Crippen molar-refractivity contribution in [2.24, 2.45) is 5.92 Å². The first kappa shape index (κ1) is 5.90. The Balaban J connectivity index is 2.42. The van der Waals surface area contributed by atoms with Gasteiger partial charge in [0.1, 0.15) is 0 Å². The van der Waals surface area contributed by atoms with Crippen molar-refractivity contribution in [3.63, 3.8) is 0 Å². The lowest BCUT2D eigenvalue weighted by Crippen LogP contribution is -1.90. The number of pyridine rings is 1. The quantitative estimate of drug-likeness (QED) is 0.526. The van der Waals surface area contributed by atoms with Gasteiger partial charge in [0.05, 0.1) is 0 Å². The van der Waals surface area contributed by atoms with E-state index in [9.17, 15) is 0 Å². The Bertz CT molecular complexity index is 217. The Kier molecular flexibility index (Phi) is 1.23. The molecule has 2 rings (SSSR count). The van der Waals surface area contributed by atoms with Crippen LogP contribution in [-0.4, -0.2) is 4.98 Å². The predicted molar refractivity (Wildman–Crippen MR) is 40.8 cm³/mol. The molecule has 0 aromatic carbocycles. The van der Waals surface area contributed by atoms with Crippen molar-refractivity contribution in [3.05, 3.63) is 29.6 Å². The van der Waals surface area contributed by atoms with E-state index in [2.05, 4.69) is 18.0 Å². The van der Waals surface area contributed by atoms with Gasteiger partial charge < -0.3 is 0 Å². The molecule has 1 heteroatoms. The maximum Gasteiger partial charge on any atom is 0.0438 e. The molecule has 1 aliphatic carbocycles. The largest absolute Gasteiger partial charge is 0.261 e. The normalized spacial score (nSPS) is 22.7. The second kappa shape index (κ2) is 2.08. The lowest BCUT2D eigenvalue weighted by Gasteiger charge is -1.92. The van der Waals surface area contributed by atoms with Crippen LogP contribution in [0.5, 0.6) is 0 Å². The van der Waals surface area contributed by atoms with E-state index < -0.39 is 0 Å². The summed E-state index contributed by atoms with van der Waals surface area (Å²) in [7, 11) is 0. The van der Waals surface area contributed by atoms with E-state index >= 15 is 0 Å². The van der Waals surface area contributed by atoms with Crippen molar-refractivity contribution in [1.29, 1.82) is 0 Å². The summed E-state index contributed by atoms with van der Waals surface area (Å²) in [5.74, 6) is 0.810. The molecule has 0 spiro atoms. The number of fused-ring (bicyclic) bond motifs is 1. The van der Waals surface area contributed by atoms with Gasteiger partial charge in [0, 0.05) is 11.9 Å². The van der Waals surface area contributed by atoms with Crippen LogP contribution in [0.1, 0.15) is 18.2 Å². The van der Waals surface area contributed by atoms with Crippen LogP contribution in [-0.2, 0) is 12.8 Å². The molecule has 0 amide bonds. The van der Waals surface area contributed by atoms with Crippen molar-refractivity contribution < 1.29 is 0 Å². The molecule has 0 N–H and O–H groups in total. The molecule has 0 bridgehead atoms. The van der Waals surface area contributed by atoms with E-state index in [1.807, 2.05) is 12.3 Å². The fourth-order valence-electron chi connectivity index (χ4n) is 1.62. The van der Waals surface area contributed by atoms with Gasteiger partial charge in [-0.1, -0.05) is 13.0 Å². The second-order valence-corrected chi connectivity index (χ2v) is 3.12. The molecular formula is C9H11N. The van der Waals surface area contributed by atoms with Crippen LogP contribution in [0.4, 0.5) is 0 Å².